The predicted molar refractivity (Wildman–Crippen MR) is 114 cm³/mol. The average molecular weight is 400 g/mol. The van der Waals surface area contributed by atoms with Gasteiger partial charge < -0.3 is 19.4 Å². The van der Waals surface area contributed by atoms with Crippen LogP contribution in [-0.4, -0.2) is 63.5 Å². The summed E-state index contributed by atoms with van der Waals surface area (Å²) in [6.07, 6.45) is 3.17. The summed E-state index contributed by atoms with van der Waals surface area (Å²) < 4.78 is 20.9. The fourth-order valence-electron chi connectivity index (χ4n) is 4.10. The fourth-order valence-corrected chi connectivity index (χ4v) is 4.10. The maximum atomic E-state index is 15.5. The minimum atomic E-state index is -0.306. The molecule has 0 radical (unpaired) electrons. The van der Waals surface area contributed by atoms with Gasteiger partial charge in [0.1, 0.15) is 0 Å². The van der Waals surface area contributed by atoms with Gasteiger partial charge in [-0.05, 0) is 30.7 Å². The molecule has 29 heavy (non-hydrogen) atoms. The quantitative estimate of drug-likeness (QED) is 0.770. The average Bonchev–Trinajstić information content (AvgIpc) is 2.76. The van der Waals surface area contributed by atoms with Gasteiger partial charge in [-0.1, -0.05) is 30.3 Å². The predicted octanol–water partition coefficient (Wildman–Crippen LogP) is 2.98. The van der Waals surface area contributed by atoms with E-state index >= 15 is 4.39 Å². The van der Waals surface area contributed by atoms with Gasteiger partial charge in [-0.2, -0.15) is 14.4 Å². The number of ether oxygens (including phenoxy) is 1. The molecule has 0 atom stereocenters. The Morgan fingerprint density at radius 2 is 1.55 bits per heavy atom. The first-order chi connectivity index (χ1) is 14.1. The number of rotatable bonds is 5. The molecule has 0 spiro atoms. The molecular formula is C22H30FN5O. The lowest BCUT2D eigenvalue weighted by Gasteiger charge is -2.35. The first-order valence-electron chi connectivity index (χ1n) is 10.5. The monoisotopic (exact) mass is 399 g/mol. The van der Waals surface area contributed by atoms with E-state index in [1.165, 1.54) is 5.56 Å². The molecule has 7 heteroatoms. The van der Waals surface area contributed by atoms with Gasteiger partial charge in [-0.3, -0.25) is 0 Å². The topological polar surface area (TPSA) is 44.7 Å². The van der Waals surface area contributed by atoms with Crippen molar-refractivity contribution in [3.05, 3.63) is 41.7 Å². The van der Waals surface area contributed by atoms with Crippen LogP contribution in [-0.2, 0) is 11.2 Å². The molecule has 3 heterocycles. The van der Waals surface area contributed by atoms with Gasteiger partial charge >= 0.3 is 0 Å². The highest BCUT2D eigenvalue weighted by Crippen LogP contribution is 2.31. The van der Waals surface area contributed by atoms with Crippen molar-refractivity contribution in [3.8, 4) is 0 Å². The molecule has 0 N–H and O–H groups in total. The molecule has 0 aliphatic carbocycles. The summed E-state index contributed by atoms with van der Waals surface area (Å²) in [5.74, 6) is 1.70. The van der Waals surface area contributed by atoms with Crippen LogP contribution in [0.15, 0.2) is 30.3 Å². The largest absolute Gasteiger partial charge is 0.378 e. The van der Waals surface area contributed by atoms with Crippen LogP contribution in [0.25, 0.3) is 0 Å². The summed E-state index contributed by atoms with van der Waals surface area (Å²) in [5, 5.41) is 0. The highest BCUT2D eigenvalue weighted by atomic mass is 19.1. The zero-order chi connectivity index (χ0) is 20.2. The number of hydrogen-bond donors (Lipinski definition) is 0. The number of aromatic nitrogens is 2. The summed E-state index contributed by atoms with van der Waals surface area (Å²) >= 11 is 0. The molecule has 0 bridgehead atoms. The molecule has 2 aliphatic rings. The van der Waals surface area contributed by atoms with Crippen LogP contribution in [0.5, 0.6) is 0 Å². The van der Waals surface area contributed by atoms with Crippen molar-refractivity contribution in [2.75, 3.05) is 68.2 Å². The van der Waals surface area contributed by atoms with Crippen molar-refractivity contribution < 1.29 is 9.13 Å². The maximum absolute atomic E-state index is 15.5. The standard InChI is InChI=1S/C22H30FN5O/c1-26(2)22-24-20(19(23)21(25-22)28-12-14-29-15-13-28)27-10-8-18(9-11-27)16-17-6-4-3-5-7-17/h3-7,18H,8-16H2,1-2H3. The van der Waals surface area contributed by atoms with Crippen LogP contribution in [0.1, 0.15) is 18.4 Å². The second kappa shape index (κ2) is 8.95. The number of hydrogen-bond acceptors (Lipinski definition) is 6. The Kier molecular flexibility index (Phi) is 6.13. The van der Waals surface area contributed by atoms with Crippen LogP contribution in [0.3, 0.4) is 0 Å². The molecule has 6 nitrogen and oxygen atoms in total. The van der Waals surface area contributed by atoms with E-state index in [1.807, 2.05) is 23.9 Å². The Morgan fingerprint density at radius 3 is 2.14 bits per heavy atom. The van der Waals surface area contributed by atoms with E-state index in [4.69, 9.17) is 4.74 Å². The zero-order valence-corrected chi connectivity index (χ0v) is 17.4. The van der Waals surface area contributed by atoms with Gasteiger partial charge in [0.2, 0.25) is 11.8 Å². The van der Waals surface area contributed by atoms with Crippen LogP contribution < -0.4 is 14.7 Å². The highest BCUT2D eigenvalue weighted by Gasteiger charge is 2.28. The van der Waals surface area contributed by atoms with Crippen molar-refractivity contribution in [2.24, 2.45) is 5.92 Å². The summed E-state index contributed by atoms with van der Waals surface area (Å²) in [4.78, 5) is 15.0. The Bertz CT molecular complexity index is 802. The fraction of sp³-hybridized carbons (Fsp3) is 0.545. The molecule has 0 amide bonds. The molecule has 1 aromatic carbocycles. The van der Waals surface area contributed by atoms with Crippen molar-refractivity contribution in [1.29, 1.82) is 0 Å². The lowest BCUT2D eigenvalue weighted by atomic mass is 9.90. The zero-order valence-electron chi connectivity index (χ0n) is 17.4. The van der Waals surface area contributed by atoms with E-state index in [2.05, 4.69) is 45.2 Å². The second-order valence-corrected chi connectivity index (χ2v) is 8.10. The molecular weight excluding hydrogens is 369 g/mol. The van der Waals surface area contributed by atoms with E-state index in [0.717, 1.165) is 32.4 Å². The third-order valence-corrected chi connectivity index (χ3v) is 5.80. The number of halogens is 1. The van der Waals surface area contributed by atoms with E-state index in [9.17, 15) is 0 Å². The summed E-state index contributed by atoms with van der Waals surface area (Å²) in [6.45, 7) is 4.14. The van der Waals surface area contributed by atoms with Gasteiger partial charge in [0, 0.05) is 40.3 Å². The van der Waals surface area contributed by atoms with Gasteiger partial charge in [0.15, 0.2) is 11.6 Å². The van der Waals surface area contributed by atoms with Crippen LogP contribution >= 0.6 is 0 Å². The highest BCUT2D eigenvalue weighted by molar-refractivity contribution is 5.57. The normalized spacial score (nSPS) is 18.2. The Balaban J connectivity index is 1.51. The maximum Gasteiger partial charge on any atom is 0.228 e. The Labute approximate surface area is 172 Å². The molecule has 0 saturated carbocycles. The summed E-state index contributed by atoms with van der Waals surface area (Å²) in [5.41, 5.74) is 1.38. The van der Waals surface area contributed by atoms with E-state index in [0.29, 0.717) is 49.8 Å². The minimum Gasteiger partial charge on any atom is -0.378 e. The van der Waals surface area contributed by atoms with Gasteiger partial charge in [0.25, 0.3) is 0 Å². The molecule has 156 valence electrons. The molecule has 2 aliphatic heterocycles. The Morgan fingerprint density at radius 1 is 0.966 bits per heavy atom. The molecule has 1 aromatic heterocycles. The molecule has 2 aromatic rings. The SMILES string of the molecule is CN(C)c1nc(N2CCOCC2)c(F)c(N2CCC(Cc3ccccc3)CC2)n1. The van der Waals surface area contributed by atoms with Crippen molar-refractivity contribution in [1.82, 2.24) is 9.97 Å². The molecule has 4 rings (SSSR count). The molecule has 0 unspecified atom stereocenters. The Hall–Kier alpha value is -2.41. The van der Waals surface area contributed by atoms with Crippen molar-refractivity contribution in [3.63, 3.8) is 0 Å². The smallest absolute Gasteiger partial charge is 0.228 e. The second-order valence-electron chi connectivity index (χ2n) is 8.10. The van der Waals surface area contributed by atoms with E-state index < -0.39 is 0 Å². The molecule has 2 saturated heterocycles. The molecule has 2 fully saturated rings. The number of morpholine rings is 1. The van der Waals surface area contributed by atoms with Crippen LogP contribution in [0, 0.1) is 11.7 Å². The van der Waals surface area contributed by atoms with Gasteiger partial charge in [0.05, 0.1) is 13.2 Å². The lowest BCUT2D eigenvalue weighted by molar-refractivity contribution is 0.122. The van der Waals surface area contributed by atoms with Crippen LogP contribution in [0.4, 0.5) is 22.0 Å². The van der Waals surface area contributed by atoms with Gasteiger partial charge in [-0.15, -0.1) is 0 Å². The van der Waals surface area contributed by atoms with Crippen molar-refractivity contribution in [2.45, 2.75) is 19.3 Å². The third-order valence-electron chi connectivity index (χ3n) is 5.80. The lowest BCUT2D eigenvalue weighted by Crippen LogP contribution is -2.39. The number of nitrogens with zero attached hydrogens (tertiary/aromatic N) is 5. The number of piperidine rings is 1. The first kappa shape index (κ1) is 19.9. The van der Waals surface area contributed by atoms with Crippen LogP contribution in [0.2, 0.25) is 0 Å². The van der Waals surface area contributed by atoms with E-state index in [1.54, 1.807) is 0 Å². The third kappa shape index (κ3) is 4.61. The summed E-state index contributed by atoms with van der Waals surface area (Å²) in [6, 6.07) is 10.6. The number of anilines is 3. The minimum absolute atomic E-state index is 0.306. The number of benzene rings is 1. The first-order valence-corrected chi connectivity index (χ1v) is 10.5. The van der Waals surface area contributed by atoms with E-state index in [-0.39, 0.29) is 5.82 Å². The van der Waals surface area contributed by atoms with Gasteiger partial charge in [-0.25, -0.2) is 0 Å². The van der Waals surface area contributed by atoms with Crippen molar-refractivity contribution >= 4 is 17.6 Å². The summed E-state index contributed by atoms with van der Waals surface area (Å²) in [7, 11) is 3.79.